The summed E-state index contributed by atoms with van der Waals surface area (Å²) in [6, 6.07) is 10.9. The summed E-state index contributed by atoms with van der Waals surface area (Å²) < 4.78 is 13.7. The molecule has 2 bridgehead atoms. The van der Waals surface area contributed by atoms with Crippen molar-refractivity contribution >= 4 is 39.9 Å². The van der Waals surface area contributed by atoms with Crippen molar-refractivity contribution in [2.75, 3.05) is 37.4 Å². The largest absolute Gasteiger partial charge is 0.486 e. The SMILES string of the molecule is O=C(CSC(=S)N1C[C@H]2C[C@@H](C1)c1cccc(=O)n1C2)Nc1ccc2c(c1)OCCO2. The van der Waals surface area contributed by atoms with Crippen LogP contribution in [0.5, 0.6) is 11.5 Å². The van der Waals surface area contributed by atoms with Gasteiger partial charge in [-0.1, -0.05) is 30.0 Å². The van der Waals surface area contributed by atoms with Crippen LogP contribution < -0.4 is 20.3 Å². The fourth-order valence-electron chi connectivity index (χ4n) is 4.58. The lowest BCUT2D eigenvalue weighted by molar-refractivity contribution is -0.113. The number of carbonyl (C=O) groups excluding carboxylic acids is 1. The number of likely N-dealkylation sites (tertiary alicyclic amines) is 1. The van der Waals surface area contributed by atoms with Gasteiger partial charge in [-0.3, -0.25) is 9.59 Å². The molecule has 0 aliphatic carbocycles. The number of fused-ring (bicyclic) bond motifs is 5. The molecule has 3 aliphatic heterocycles. The third-order valence-corrected chi connectivity index (χ3v) is 7.41. The highest BCUT2D eigenvalue weighted by Gasteiger charge is 2.35. The minimum absolute atomic E-state index is 0.0772. The number of carbonyl (C=O) groups is 1. The highest BCUT2D eigenvalue weighted by atomic mass is 32.2. The van der Waals surface area contributed by atoms with Crippen LogP contribution in [-0.4, -0.2) is 51.8 Å². The van der Waals surface area contributed by atoms with Crippen molar-refractivity contribution in [3.8, 4) is 11.5 Å². The number of piperidine rings is 1. The first-order chi connectivity index (χ1) is 15.1. The smallest absolute Gasteiger partial charge is 0.250 e. The van der Waals surface area contributed by atoms with Crippen molar-refractivity contribution in [2.45, 2.75) is 18.9 Å². The Hall–Kier alpha value is -2.52. The van der Waals surface area contributed by atoms with Gasteiger partial charge < -0.3 is 24.3 Å². The molecule has 0 saturated carbocycles. The number of anilines is 1. The molecule has 1 aromatic carbocycles. The average molecular weight is 458 g/mol. The Morgan fingerprint density at radius 2 is 1.97 bits per heavy atom. The molecule has 162 valence electrons. The van der Waals surface area contributed by atoms with Crippen LogP contribution >= 0.6 is 24.0 Å². The van der Waals surface area contributed by atoms with Gasteiger partial charge in [0.2, 0.25) is 5.91 Å². The van der Waals surface area contributed by atoms with E-state index in [1.165, 1.54) is 11.8 Å². The predicted molar refractivity (Wildman–Crippen MR) is 124 cm³/mol. The highest BCUT2D eigenvalue weighted by molar-refractivity contribution is 8.23. The summed E-state index contributed by atoms with van der Waals surface area (Å²) in [6.45, 7) is 3.39. The molecule has 1 N–H and O–H groups in total. The van der Waals surface area contributed by atoms with Crippen LogP contribution in [0.2, 0.25) is 0 Å². The topological polar surface area (TPSA) is 72.8 Å². The molecule has 7 nitrogen and oxygen atoms in total. The van der Waals surface area contributed by atoms with Crippen molar-refractivity contribution < 1.29 is 14.3 Å². The molecule has 2 atom stereocenters. The zero-order valence-electron chi connectivity index (χ0n) is 16.9. The fraction of sp³-hybridized carbons (Fsp3) is 0.409. The number of nitrogens with zero attached hydrogens (tertiary/aromatic N) is 2. The average Bonchev–Trinajstić information content (AvgIpc) is 2.78. The number of nitrogens with one attached hydrogen (secondary N) is 1. The molecule has 1 fully saturated rings. The zero-order valence-corrected chi connectivity index (χ0v) is 18.5. The van der Waals surface area contributed by atoms with E-state index in [1.807, 2.05) is 16.7 Å². The lowest BCUT2D eigenvalue weighted by Crippen LogP contribution is -2.48. The lowest BCUT2D eigenvalue weighted by Gasteiger charge is -2.43. The molecule has 5 rings (SSSR count). The van der Waals surface area contributed by atoms with Gasteiger partial charge in [0.15, 0.2) is 11.5 Å². The number of thioether (sulfide) groups is 1. The van der Waals surface area contributed by atoms with Gasteiger partial charge in [-0.2, -0.15) is 0 Å². The minimum Gasteiger partial charge on any atom is -0.486 e. The number of thiocarbonyl (C=S) groups is 1. The molecule has 1 amide bonds. The van der Waals surface area contributed by atoms with E-state index in [4.69, 9.17) is 21.7 Å². The van der Waals surface area contributed by atoms with Crippen LogP contribution in [0.3, 0.4) is 0 Å². The molecular weight excluding hydrogens is 434 g/mol. The first-order valence-electron chi connectivity index (χ1n) is 10.4. The van der Waals surface area contributed by atoms with Crippen molar-refractivity contribution in [3.05, 3.63) is 52.4 Å². The van der Waals surface area contributed by atoms with E-state index in [0.29, 0.717) is 42.2 Å². The molecule has 1 aromatic heterocycles. The van der Waals surface area contributed by atoms with Crippen LogP contribution in [-0.2, 0) is 11.3 Å². The molecule has 0 unspecified atom stereocenters. The van der Waals surface area contributed by atoms with Gasteiger partial charge in [-0.15, -0.1) is 0 Å². The molecule has 3 aliphatic rings. The minimum atomic E-state index is -0.113. The van der Waals surface area contributed by atoms with E-state index < -0.39 is 0 Å². The number of hydrogen-bond acceptors (Lipinski definition) is 6. The van der Waals surface area contributed by atoms with Gasteiger partial charge in [0, 0.05) is 49.1 Å². The Labute approximate surface area is 189 Å². The maximum absolute atomic E-state index is 12.4. The second-order valence-corrected chi connectivity index (χ2v) is 9.67. The number of rotatable bonds is 3. The number of hydrogen-bond donors (Lipinski definition) is 1. The summed E-state index contributed by atoms with van der Waals surface area (Å²) in [5, 5.41) is 2.90. The quantitative estimate of drug-likeness (QED) is 0.711. The summed E-state index contributed by atoms with van der Waals surface area (Å²) in [6.07, 6.45) is 1.08. The maximum Gasteiger partial charge on any atom is 0.250 e. The summed E-state index contributed by atoms with van der Waals surface area (Å²) in [5.41, 5.74) is 1.85. The maximum atomic E-state index is 12.4. The Bertz CT molecular complexity index is 1090. The number of amides is 1. The Morgan fingerprint density at radius 1 is 1.13 bits per heavy atom. The second-order valence-electron chi connectivity index (χ2n) is 8.06. The fourth-order valence-corrected chi connectivity index (χ4v) is 5.57. The molecule has 4 heterocycles. The molecule has 0 spiro atoms. The van der Waals surface area contributed by atoms with Gasteiger partial charge in [-0.25, -0.2) is 0 Å². The molecule has 31 heavy (non-hydrogen) atoms. The van der Waals surface area contributed by atoms with E-state index in [2.05, 4.69) is 10.2 Å². The number of benzene rings is 1. The van der Waals surface area contributed by atoms with Gasteiger partial charge in [-0.05, 0) is 30.5 Å². The van der Waals surface area contributed by atoms with E-state index in [1.54, 1.807) is 24.3 Å². The van der Waals surface area contributed by atoms with Crippen molar-refractivity contribution in [3.63, 3.8) is 0 Å². The summed E-state index contributed by atoms with van der Waals surface area (Å²) >= 11 is 7.03. The van der Waals surface area contributed by atoms with Crippen molar-refractivity contribution in [2.24, 2.45) is 5.92 Å². The molecular formula is C22H23N3O4S2. The Kier molecular flexibility index (Phi) is 5.62. The Balaban J connectivity index is 1.17. The van der Waals surface area contributed by atoms with E-state index in [0.717, 1.165) is 36.1 Å². The second kappa shape index (κ2) is 8.55. The van der Waals surface area contributed by atoms with Gasteiger partial charge in [0.05, 0.1) is 5.75 Å². The first-order valence-corrected chi connectivity index (χ1v) is 11.8. The van der Waals surface area contributed by atoms with Gasteiger partial charge >= 0.3 is 0 Å². The predicted octanol–water partition coefficient (Wildman–Crippen LogP) is 2.70. The van der Waals surface area contributed by atoms with Gasteiger partial charge in [0.1, 0.15) is 17.5 Å². The normalized spacial score (nSPS) is 21.2. The van der Waals surface area contributed by atoms with E-state index in [9.17, 15) is 9.59 Å². The summed E-state index contributed by atoms with van der Waals surface area (Å²) in [5.74, 6) is 2.17. The van der Waals surface area contributed by atoms with E-state index in [-0.39, 0.29) is 17.2 Å². The van der Waals surface area contributed by atoms with Crippen LogP contribution in [0.1, 0.15) is 18.0 Å². The van der Waals surface area contributed by atoms with Crippen molar-refractivity contribution in [1.82, 2.24) is 9.47 Å². The van der Waals surface area contributed by atoms with E-state index >= 15 is 0 Å². The Morgan fingerprint density at radius 3 is 2.84 bits per heavy atom. The standard InChI is InChI=1S/C22H23N3O4S2/c26-20(23-16-4-5-18-19(9-16)29-7-6-28-18)13-31-22(30)24-10-14-8-15(12-24)17-2-1-3-21(27)25(17)11-14/h1-5,9,14-15H,6-8,10-13H2,(H,23,26)/t14-,15+/m1/s1. The summed E-state index contributed by atoms with van der Waals surface area (Å²) in [4.78, 5) is 26.8. The highest BCUT2D eigenvalue weighted by Crippen LogP contribution is 2.36. The molecule has 1 saturated heterocycles. The van der Waals surface area contributed by atoms with Gasteiger partial charge in [0.25, 0.3) is 5.56 Å². The van der Waals surface area contributed by atoms with Crippen molar-refractivity contribution in [1.29, 1.82) is 0 Å². The monoisotopic (exact) mass is 457 g/mol. The number of pyridine rings is 1. The van der Waals surface area contributed by atoms with Crippen LogP contribution in [0, 0.1) is 5.92 Å². The summed E-state index contributed by atoms with van der Waals surface area (Å²) in [7, 11) is 0. The third kappa shape index (κ3) is 4.29. The zero-order chi connectivity index (χ0) is 21.4. The lowest BCUT2D eigenvalue weighted by atomic mass is 9.83. The van der Waals surface area contributed by atoms with Crippen LogP contribution in [0.15, 0.2) is 41.2 Å². The number of ether oxygens (including phenoxy) is 2. The molecule has 9 heteroatoms. The first kappa shape index (κ1) is 20.4. The van der Waals surface area contributed by atoms with Crippen LogP contribution in [0.25, 0.3) is 0 Å². The number of aromatic nitrogens is 1. The third-order valence-electron chi connectivity index (χ3n) is 5.89. The van der Waals surface area contributed by atoms with Crippen LogP contribution in [0.4, 0.5) is 5.69 Å². The molecule has 0 radical (unpaired) electrons. The molecule has 2 aromatic rings.